The van der Waals surface area contributed by atoms with Crippen LogP contribution in [0.15, 0.2) is 35.2 Å². The zero-order valence-electron chi connectivity index (χ0n) is 14.9. The molecule has 2 aromatic rings. The Bertz CT molecular complexity index is 988. The predicted octanol–water partition coefficient (Wildman–Crippen LogP) is 3.32. The van der Waals surface area contributed by atoms with E-state index in [-0.39, 0.29) is 21.9 Å². The number of carboxylic acid groups (broad SMARTS) is 1. The van der Waals surface area contributed by atoms with Gasteiger partial charge in [0.25, 0.3) is 0 Å². The molecule has 0 bridgehead atoms. The standard InChI is InChI=1S/C18H20N2O6S/c1-3-4-7-25-11-5-6-14-15(8-11)26-16-10-12(27(23,24)19-2)9-13(18(21)22)17(16)20-14/h5-6,8-10,19-20H,3-4,7H2,1-2H3,(H,21,22). The smallest absolute Gasteiger partial charge is 0.338 e. The monoisotopic (exact) mass is 392 g/mol. The number of hydrogen-bond donors (Lipinski definition) is 3. The van der Waals surface area contributed by atoms with Gasteiger partial charge in [0.2, 0.25) is 10.0 Å². The molecule has 3 N–H and O–H groups in total. The summed E-state index contributed by atoms with van der Waals surface area (Å²) in [5.41, 5.74) is 0.567. The van der Waals surface area contributed by atoms with Crippen LogP contribution < -0.4 is 19.5 Å². The summed E-state index contributed by atoms with van der Waals surface area (Å²) in [6, 6.07) is 7.55. The van der Waals surface area contributed by atoms with E-state index in [0.717, 1.165) is 18.9 Å². The van der Waals surface area contributed by atoms with E-state index < -0.39 is 16.0 Å². The summed E-state index contributed by atoms with van der Waals surface area (Å²) in [5.74, 6) is -0.114. The molecular weight excluding hydrogens is 372 g/mol. The van der Waals surface area contributed by atoms with Crippen LogP contribution in [0.3, 0.4) is 0 Å². The molecule has 0 saturated carbocycles. The van der Waals surface area contributed by atoms with Gasteiger partial charge in [-0.3, -0.25) is 0 Å². The first kappa shape index (κ1) is 19.0. The van der Waals surface area contributed by atoms with Gasteiger partial charge in [0.15, 0.2) is 11.5 Å². The largest absolute Gasteiger partial charge is 0.493 e. The van der Waals surface area contributed by atoms with Crippen molar-refractivity contribution in [2.45, 2.75) is 24.7 Å². The highest BCUT2D eigenvalue weighted by atomic mass is 32.2. The van der Waals surface area contributed by atoms with E-state index in [1.54, 1.807) is 18.2 Å². The van der Waals surface area contributed by atoms with Gasteiger partial charge in [0, 0.05) is 12.1 Å². The van der Waals surface area contributed by atoms with Crippen molar-refractivity contribution < 1.29 is 27.8 Å². The van der Waals surface area contributed by atoms with Crippen LogP contribution in [-0.4, -0.2) is 33.1 Å². The Kier molecular flexibility index (Phi) is 5.24. The van der Waals surface area contributed by atoms with Gasteiger partial charge in [-0.05, 0) is 31.7 Å². The predicted molar refractivity (Wildman–Crippen MR) is 99.8 cm³/mol. The summed E-state index contributed by atoms with van der Waals surface area (Å²) >= 11 is 0. The zero-order valence-corrected chi connectivity index (χ0v) is 15.7. The SMILES string of the molecule is CCCCOc1ccc2c(c1)Oc1cc(S(=O)(=O)NC)cc(C(=O)O)c1N2. The van der Waals surface area contributed by atoms with E-state index in [0.29, 0.717) is 23.8 Å². The second-order valence-electron chi connectivity index (χ2n) is 5.94. The van der Waals surface area contributed by atoms with Crippen LogP contribution in [0, 0.1) is 0 Å². The fraction of sp³-hybridized carbons (Fsp3) is 0.278. The molecule has 1 aliphatic heterocycles. The van der Waals surface area contributed by atoms with E-state index >= 15 is 0 Å². The Morgan fingerprint density at radius 3 is 2.70 bits per heavy atom. The van der Waals surface area contributed by atoms with Crippen molar-refractivity contribution in [2.24, 2.45) is 0 Å². The van der Waals surface area contributed by atoms with Crippen LogP contribution in [0.2, 0.25) is 0 Å². The first-order valence-corrected chi connectivity index (χ1v) is 9.90. The van der Waals surface area contributed by atoms with Crippen LogP contribution in [0.25, 0.3) is 0 Å². The highest BCUT2D eigenvalue weighted by Crippen LogP contribution is 2.46. The van der Waals surface area contributed by atoms with E-state index in [2.05, 4.69) is 17.0 Å². The number of unbranched alkanes of at least 4 members (excludes halogenated alkanes) is 1. The number of hydrogen-bond acceptors (Lipinski definition) is 6. The fourth-order valence-corrected chi connectivity index (χ4v) is 3.38. The molecule has 0 unspecified atom stereocenters. The van der Waals surface area contributed by atoms with Gasteiger partial charge in [-0.2, -0.15) is 0 Å². The van der Waals surface area contributed by atoms with Gasteiger partial charge in [-0.15, -0.1) is 0 Å². The molecule has 8 nitrogen and oxygen atoms in total. The Balaban J connectivity index is 2.01. The minimum Gasteiger partial charge on any atom is -0.493 e. The average Bonchev–Trinajstić information content (AvgIpc) is 2.65. The third-order valence-electron chi connectivity index (χ3n) is 4.08. The number of benzene rings is 2. The number of rotatable bonds is 7. The second-order valence-corrected chi connectivity index (χ2v) is 7.83. The second kappa shape index (κ2) is 7.45. The maximum absolute atomic E-state index is 12.1. The third kappa shape index (κ3) is 3.83. The van der Waals surface area contributed by atoms with Gasteiger partial charge in [-0.1, -0.05) is 13.3 Å². The number of aromatic carboxylic acids is 1. The summed E-state index contributed by atoms with van der Waals surface area (Å²) in [4.78, 5) is 11.4. The number of sulfonamides is 1. The maximum Gasteiger partial charge on any atom is 0.338 e. The lowest BCUT2D eigenvalue weighted by molar-refractivity contribution is 0.0697. The van der Waals surface area contributed by atoms with Crippen LogP contribution >= 0.6 is 0 Å². The van der Waals surface area contributed by atoms with Crippen LogP contribution in [0.1, 0.15) is 30.1 Å². The number of fused-ring (bicyclic) bond motifs is 2. The van der Waals surface area contributed by atoms with Crippen molar-refractivity contribution in [1.29, 1.82) is 0 Å². The number of carboxylic acids is 1. The number of anilines is 2. The fourth-order valence-electron chi connectivity index (χ4n) is 2.61. The Morgan fingerprint density at radius 1 is 1.26 bits per heavy atom. The van der Waals surface area contributed by atoms with E-state index in [9.17, 15) is 18.3 Å². The average molecular weight is 392 g/mol. The zero-order chi connectivity index (χ0) is 19.6. The molecule has 0 spiro atoms. The minimum absolute atomic E-state index is 0.113. The van der Waals surface area contributed by atoms with E-state index in [4.69, 9.17) is 9.47 Å². The van der Waals surface area contributed by atoms with Gasteiger partial charge in [0.1, 0.15) is 5.75 Å². The molecule has 0 atom stereocenters. The van der Waals surface area contributed by atoms with Crippen molar-refractivity contribution >= 4 is 27.4 Å². The Labute approximate surface area is 157 Å². The molecule has 0 radical (unpaired) electrons. The maximum atomic E-state index is 12.1. The number of ether oxygens (including phenoxy) is 2. The van der Waals surface area contributed by atoms with Gasteiger partial charge >= 0.3 is 5.97 Å². The Morgan fingerprint density at radius 2 is 2.04 bits per heavy atom. The summed E-state index contributed by atoms with van der Waals surface area (Å²) in [6.45, 7) is 2.64. The lowest BCUT2D eigenvalue weighted by Crippen LogP contribution is -2.20. The molecule has 0 aromatic heterocycles. The van der Waals surface area contributed by atoms with E-state index in [1.165, 1.54) is 13.1 Å². The molecule has 0 amide bonds. The molecule has 1 heterocycles. The molecule has 2 aromatic carbocycles. The normalized spacial score (nSPS) is 12.4. The van der Waals surface area contributed by atoms with Crippen LogP contribution in [-0.2, 0) is 10.0 Å². The quantitative estimate of drug-likeness (QED) is 0.529. The molecule has 0 fully saturated rings. The molecule has 1 aliphatic rings. The summed E-state index contributed by atoms with van der Waals surface area (Å²) in [5, 5.41) is 12.5. The summed E-state index contributed by atoms with van der Waals surface area (Å²) < 4.78 is 37.8. The molecule has 27 heavy (non-hydrogen) atoms. The highest BCUT2D eigenvalue weighted by Gasteiger charge is 2.27. The Hall–Kier alpha value is -2.78. The first-order chi connectivity index (χ1) is 12.9. The topological polar surface area (TPSA) is 114 Å². The molecule has 0 aliphatic carbocycles. The van der Waals surface area contributed by atoms with Crippen molar-refractivity contribution in [3.8, 4) is 17.2 Å². The van der Waals surface area contributed by atoms with Gasteiger partial charge < -0.3 is 19.9 Å². The lowest BCUT2D eigenvalue weighted by Gasteiger charge is -2.24. The van der Waals surface area contributed by atoms with Crippen molar-refractivity contribution in [1.82, 2.24) is 4.72 Å². The van der Waals surface area contributed by atoms with Crippen LogP contribution in [0.4, 0.5) is 11.4 Å². The number of carbonyl (C=O) groups is 1. The highest BCUT2D eigenvalue weighted by molar-refractivity contribution is 7.89. The molecular formula is C18H20N2O6S. The third-order valence-corrected chi connectivity index (χ3v) is 5.48. The summed E-state index contributed by atoms with van der Waals surface area (Å²) in [7, 11) is -2.58. The van der Waals surface area contributed by atoms with Crippen molar-refractivity contribution in [3.05, 3.63) is 35.9 Å². The van der Waals surface area contributed by atoms with Gasteiger partial charge in [-0.25, -0.2) is 17.9 Å². The van der Waals surface area contributed by atoms with Gasteiger partial charge in [0.05, 0.1) is 28.4 Å². The molecule has 0 saturated heterocycles. The van der Waals surface area contributed by atoms with Crippen molar-refractivity contribution in [3.63, 3.8) is 0 Å². The van der Waals surface area contributed by atoms with Crippen molar-refractivity contribution in [2.75, 3.05) is 19.0 Å². The molecule has 9 heteroatoms. The molecule has 144 valence electrons. The lowest BCUT2D eigenvalue weighted by atomic mass is 10.1. The molecule has 3 rings (SSSR count). The van der Waals surface area contributed by atoms with E-state index in [1.807, 2.05) is 0 Å². The minimum atomic E-state index is -3.83. The first-order valence-electron chi connectivity index (χ1n) is 8.42. The summed E-state index contributed by atoms with van der Waals surface area (Å²) in [6.07, 6.45) is 1.93. The number of nitrogens with one attached hydrogen (secondary N) is 2. The van der Waals surface area contributed by atoms with Crippen LogP contribution in [0.5, 0.6) is 17.2 Å².